The standard InChI is InChI=1S/C13H19NO2/c1-9(2)7-10-5-4-6-14(13(10)15)11-8-12(11)16-3/h4-6,9,11-12H,7-8H2,1-3H3/t11-,12-/m1/s1. The van der Waals surface area contributed by atoms with Gasteiger partial charge in [-0.2, -0.15) is 0 Å². The van der Waals surface area contributed by atoms with Crippen molar-refractivity contribution in [1.29, 1.82) is 0 Å². The molecule has 0 bridgehead atoms. The van der Waals surface area contributed by atoms with Gasteiger partial charge < -0.3 is 9.30 Å². The third kappa shape index (κ3) is 2.19. The highest BCUT2D eigenvalue weighted by Crippen LogP contribution is 2.37. The van der Waals surface area contributed by atoms with Crippen molar-refractivity contribution in [2.24, 2.45) is 5.92 Å². The van der Waals surface area contributed by atoms with Crippen molar-refractivity contribution in [2.45, 2.75) is 38.8 Å². The van der Waals surface area contributed by atoms with Crippen molar-refractivity contribution in [3.63, 3.8) is 0 Å². The zero-order valence-corrected chi connectivity index (χ0v) is 10.1. The molecule has 16 heavy (non-hydrogen) atoms. The second-order valence-corrected chi connectivity index (χ2v) is 4.92. The van der Waals surface area contributed by atoms with Crippen LogP contribution in [0.3, 0.4) is 0 Å². The minimum atomic E-state index is 0.153. The van der Waals surface area contributed by atoms with Crippen LogP contribution in [0.2, 0.25) is 0 Å². The molecule has 0 N–H and O–H groups in total. The van der Waals surface area contributed by atoms with Gasteiger partial charge in [0.1, 0.15) is 0 Å². The topological polar surface area (TPSA) is 31.2 Å². The van der Waals surface area contributed by atoms with Crippen LogP contribution in [-0.2, 0) is 11.2 Å². The molecule has 3 heteroatoms. The van der Waals surface area contributed by atoms with Gasteiger partial charge in [-0.15, -0.1) is 0 Å². The maximum Gasteiger partial charge on any atom is 0.254 e. The largest absolute Gasteiger partial charge is 0.379 e. The van der Waals surface area contributed by atoms with Crippen LogP contribution in [0, 0.1) is 5.92 Å². The number of hydrogen-bond donors (Lipinski definition) is 0. The van der Waals surface area contributed by atoms with Gasteiger partial charge in [0.2, 0.25) is 0 Å². The molecular formula is C13H19NO2. The van der Waals surface area contributed by atoms with E-state index in [1.54, 1.807) is 7.11 Å². The summed E-state index contributed by atoms with van der Waals surface area (Å²) in [6, 6.07) is 4.15. The van der Waals surface area contributed by atoms with Crippen molar-refractivity contribution in [1.82, 2.24) is 4.57 Å². The van der Waals surface area contributed by atoms with Gasteiger partial charge in [0, 0.05) is 18.9 Å². The van der Waals surface area contributed by atoms with E-state index in [0.717, 1.165) is 18.4 Å². The summed E-state index contributed by atoms with van der Waals surface area (Å²) < 4.78 is 7.07. The number of pyridine rings is 1. The highest BCUT2D eigenvalue weighted by Gasteiger charge is 2.39. The van der Waals surface area contributed by atoms with Crippen LogP contribution in [0.4, 0.5) is 0 Å². The fraction of sp³-hybridized carbons (Fsp3) is 0.615. The van der Waals surface area contributed by atoms with Crippen molar-refractivity contribution >= 4 is 0 Å². The van der Waals surface area contributed by atoms with E-state index in [9.17, 15) is 4.79 Å². The Morgan fingerprint density at radius 2 is 2.31 bits per heavy atom. The molecule has 0 aliphatic heterocycles. The van der Waals surface area contributed by atoms with Gasteiger partial charge in [-0.1, -0.05) is 19.9 Å². The highest BCUT2D eigenvalue weighted by molar-refractivity contribution is 5.13. The van der Waals surface area contributed by atoms with Crippen molar-refractivity contribution < 1.29 is 4.74 Å². The predicted molar refractivity (Wildman–Crippen MR) is 63.7 cm³/mol. The second-order valence-electron chi connectivity index (χ2n) is 4.92. The van der Waals surface area contributed by atoms with Crippen LogP contribution in [0.25, 0.3) is 0 Å². The molecule has 1 aliphatic rings. The Hall–Kier alpha value is -1.09. The first-order valence-corrected chi connectivity index (χ1v) is 5.86. The van der Waals surface area contributed by atoms with Crippen molar-refractivity contribution in [3.8, 4) is 0 Å². The van der Waals surface area contributed by atoms with E-state index in [2.05, 4.69) is 13.8 Å². The van der Waals surface area contributed by atoms with Crippen LogP contribution >= 0.6 is 0 Å². The number of nitrogens with zero attached hydrogens (tertiary/aromatic N) is 1. The maximum absolute atomic E-state index is 12.2. The molecule has 1 heterocycles. The molecule has 1 aliphatic carbocycles. The monoisotopic (exact) mass is 221 g/mol. The normalized spacial score (nSPS) is 23.8. The first-order chi connectivity index (χ1) is 7.63. The van der Waals surface area contributed by atoms with Crippen molar-refractivity contribution in [3.05, 3.63) is 34.2 Å². The molecule has 2 rings (SSSR count). The number of hydrogen-bond acceptors (Lipinski definition) is 2. The third-order valence-corrected chi connectivity index (χ3v) is 3.04. The smallest absolute Gasteiger partial charge is 0.254 e. The van der Waals surface area contributed by atoms with Crippen LogP contribution in [0.1, 0.15) is 31.9 Å². The highest BCUT2D eigenvalue weighted by atomic mass is 16.5. The Kier molecular flexibility index (Phi) is 3.15. The second kappa shape index (κ2) is 4.42. The van der Waals surface area contributed by atoms with Gasteiger partial charge >= 0.3 is 0 Å². The zero-order valence-electron chi connectivity index (χ0n) is 10.1. The Morgan fingerprint density at radius 3 is 2.88 bits per heavy atom. The SMILES string of the molecule is CO[C@@H]1C[C@H]1n1cccc(CC(C)C)c1=O. The Labute approximate surface area is 96.0 Å². The lowest BCUT2D eigenvalue weighted by molar-refractivity contribution is 0.169. The number of ether oxygens (including phenoxy) is 1. The molecule has 0 aromatic carbocycles. The van der Waals surface area contributed by atoms with Crippen LogP contribution < -0.4 is 5.56 Å². The minimum absolute atomic E-state index is 0.153. The van der Waals surface area contributed by atoms with Crippen LogP contribution in [-0.4, -0.2) is 17.8 Å². The van der Waals surface area contributed by atoms with E-state index in [1.165, 1.54) is 0 Å². The molecule has 0 amide bonds. The molecule has 3 nitrogen and oxygen atoms in total. The summed E-state index contributed by atoms with van der Waals surface area (Å²) in [5.41, 5.74) is 1.07. The van der Waals surface area contributed by atoms with Gasteiger partial charge in [0.05, 0.1) is 12.1 Å². The van der Waals surface area contributed by atoms with E-state index in [0.29, 0.717) is 5.92 Å². The Balaban J connectivity index is 2.24. The molecule has 0 spiro atoms. The molecule has 0 unspecified atom stereocenters. The van der Waals surface area contributed by atoms with E-state index >= 15 is 0 Å². The molecule has 2 atom stereocenters. The van der Waals surface area contributed by atoms with E-state index in [4.69, 9.17) is 4.74 Å². The first-order valence-electron chi connectivity index (χ1n) is 5.86. The summed E-state index contributed by atoms with van der Waals surface area (Å²) in [5, 5.41) is 0. The van der Waals surface area contributed by atoms with Crippen LogP contribution in [0.15, 0.2) is 23.1 Å². The minimum Gasteiger partial charge on any atom is -0.379 e. The van der Waals surface area contributed by atoms with Gasteiger partial charge in [-0.25, -0.2) is 0 Å². The Bertz CT molecular complexity index is 422. The molecule has 0 saturated heterocycles. The zero-order chi connectivity index (χ0) is 11.7. The fourth-order valence-corrected chi connectivity index (χ4v) is 2.12. The lowest BCUT2D eigenvalue weighted by Crippen LogP contribution is -2.24. The molecule has 1 aromatic rings. The van der Waals surface area contributed by atoms with Gasteiger partial charge in [-0.05, 0) is 24.8 Å². The summed E-state index contributed by atoms with van der Waals surface area (Å²) >= 11 is 0. The summed E-state index contributed by atoms with van der Waals surface area (Å²) in [6.07, 6.45) is 3.91. The fourth-order valence-electron chi connectivity index (χ4n) is 2.12. The first kappa shape index (κ1) is 11.4. The number of methoxy groups -OCH3 is 1. The van der Waals surface area contributed by atoms with Gasteiger partial charge in [0.25, 0.3) is 5.56 Å². The van der Waals surface area contributed by atoms with E-state index in [1.807, 2.05) is 22.9 Å². The quantitative estimate of drug-likeness (QED) is 0.778. The van der Waals surface area contributed by atoms with Gasteiger partial charge in [-0.3, -0.25) is 4.79 Å². The van der Waals surface area contributed by atoms with Crippen LogP contribution in [0.5, 0.6) is 0 Å². The van der Waals surface area contributed by atoms with E-state index < -0.39 is 0 Å². The summed E-state index contributed by atoms with van der Waals surface area (Å²) in [6.45, 7) is 4.26. The summed E-state index contributed by atoms with van der Waals surface area (Å²) in [5.74, 6) is 0.515. The summed E-state index contributed by atoms with van der Waals surface area (Å²) in [7, 11) is 1.70. The molecular weight excluding hydrogens is 202 g/mol. The predicted octanol–water partition coefficient (Wildman–Crippen LogP) is 2.01. The Morgan fingerprint density at radius 1 is 1.56 bits per heavy atom. The number of aromatic nitrogens is 1. The van der Waals surface area contributed by atoms with Crippen molar-refractivity contribution in [2.75, 3.05) is 7.11 Å². The van der Waals surface area contributed by atoms with Gasteiger partial charge in [0.15, 0.2) is 0 Å². The lowest BCUT2D eigenvalue weighted by atomic mass is 10.0. The number of rotatable bonds is 4. The summed E-state index contributed by atoms with van der Waals surface area (Å²) in [4.78, 5) is 12.2. The third-order valence-electron chi connectivity index (χ3n) is 3.04. The molecule has 1 fully saturated rings. The maximum atomic E-state index is 12.2. The molecule has 1 aromatic heterocycles. The van der Waals surface area contributed by atoms with E-state index in [-0.39, 0.29) is 17.7 Å². The molecule has 88 valence electrons. The molecule has 0 radical (unpaired) electrons. The average Bonchev–Trinajstić information content (AvgIpc) is 2.99. The lowest BCUT2D eigenvalue weighted by Gasteiger charge is -2.08. The molecule has 1 saturated carbocycles. The average molecular weight is 221 g/mol.